The average Bonchev–Trinajstić information content (AvgIpc) is 2.48. The fourth-order valence-electron chi connectivity index (χ4n) is 1.91. The summed E-state index contributed by atoms with van der Waals surface area (Å²) in [6.45, 7) is 5.91. The molecule has 1 aromatic carbocycles. The predicted octanol–water partition coefficient (Wildman–Crippen LogP) is 2.14. The second-order valence-electron chi connectivity index (χ2n) is 4.78. The Labute approximate surface area is 124 Å². The van der Waals surface area contributed by atoms with Crippen molar-refractivity contribution in [3.8, 4) is 5.75 Å². The molecule has 1 N–H and O–H groups in total. The van der Waals surface area contributed by atoms with Crippen molar-refractivity contribution in [1.82, 2.24) is 15.3 Å². The highest BCUT2D eigenvalue weighted by Crippen LogP contribution is 2.12. The molecule has 109 valence electrons. The Balaban J connectivity index is 2.10. The standard InChI is InChI=1S/C16H18N3O2/c1-10-11(2)19-15(12(3)18-10)16(20)17-9-13-6-5-7-14(8-13)21-4/h5-6,8H,9H2,1-4H3,(H,17,20). The number of amides is 1. The van der Waals surface area contributed by atoms with Gasteiger partial charge >= 0.3 is 0 Å². The number of benzene rings is 1. The maximum Gasteiger partial charge on any atom is 0.272 e. The lowest BCUT2D eigenvalue weighted by molar-refractivity contribution is 0.0944. The topological polar surface area (TPSA) is 64.1 Å². The van der Waals surface area contributed by atoms with Gasteiger partial charge in [-0.15, -0.1) is 0 Å². The van der Waals surface area contributed by atoms with E-state index < -0.39 is 0 Å². The molecule has 21 heavy (non-hydrogen) atoms. The number of aromatic nitrogens is 2. The first-order chi connectivity index (χ1) is 10.0. The maximum atomic E-state index is 12.2. The van der Waals surface area contributed by atoms with Crippen molar-refractivity contribution in [2.45, 2.75) is 27.3 Å². The zero-order valence-electron chi connectivity index (χ0n) is 12.7. The van der Waals surface area contributed by atoms with E-state index in [9.17, 15) is 4.79 Å². The monoisotopic (exact) mass is 284 g/mol. The van der Waals surface area contributed by atoms with Crippen LogP contribution in [0.2, 0.25) is 0 Å². The summed E-state index contributed by atoms with van der Waals surface area (Å²) in [6.07, 6.45) is 0. The number of hydrogen-bond acceptors (Lipinski definition) is 4. The number of carbonyl (C=O) groups is 1. The van der Waals surface area contributed by atoms with Gasteiger partial charge in [-0.05, 0) is 32.4 Å². The van der Waals surface area contributed by atoms with Crippen molar-refractivity contribution in [1.29, 1.82) is 0 Å². The first kappa shape index (κ1) is 15.0. The smallest absolute Gasteiger partial charge is 0.272 e. The zero-order valence-corrected chi connectivity index (χ0v) is 12.7. The van der Waals surface area contributed by atoms with Gasteiger partial charge in [0, 0.05) is 12.6 Å². The molecule has 0 unspecified atom stereocenters. The minimum atomic E-state index is -0.227. The highest BCUT2D eigenvalue weighted by Gasteiger charge is 2.13. The third kappa shape index (κ3) is 3.56. The Morgan fingerprint density at radius 2 is 1.95 bits per heavy atom. The molecule has 1 amide bonds. The van der Waals surface area contributed by atoms with Crippen molar-refractivity contribution in [2.24, 2.45) is 0 Å². The van der Waals surface area contributed by atoms with Gasteiger partial charge in [-0.3, -0.25) is 9.78 Å². The lowest BCUT2D eigenvalue weighted by Crippen LogP contribution is -2.25. The van der Waals surface area contributed by atoms with Crippen LogP contribution in [0.1, 0.15) is 33.1 Å². The number of nitrogens with one attached hydrogen (secondary N) is 1. The molecule has 0 saturated carbocycles. The van der Waals surface area contributed by atoms with Gasteiger partial charge in [0.2, 0.25) is 0 Å². The normalized spacial score (nSPS) is 10.3. The van der Waals surface area contributed by atoms with Crippen molar-refractivity contribution in [2.75, 3.05) is 7.11 Å². The molecule has 1 aromatic heterocycles. The minimum Gasteiger partial charge on any atom is -0.496 e. The molecule has 0 fully saturated rings. The van der Waals surface area contributed by atoms with E-state index in [4.69, 9.17) is 4.74 Å². The number of methoxy groups -OCH3 is 1. The summed E-state index contributed by atoms with van der Waals surface area (Å²) >= 11 is 0. The largest absolute Gasteiger partial charge is 0.496 e. The lowest BCUT2D eigenvalue weighted by Gasteiger charge is -2.09. The third-order valence-electron chi connectivity index (χ3n) is 3.21. The van der Waals surface area contributed by atoms with Gasteiger partial charge in [0.05, 0.1) is 24.2 Å². The summed E-state index contributed by atoms with van der Waals surface area (Å²) in [4.78, 5) is 20.8. The number of carbonyl (C=O) groups excluding carboxylic acids is 1. The van der Waals surface area contributed by atoms with Crippen LogP contribution in [-0.4, -0.2) is 23.0 Å². The number of rotatable bonds is 4. The molecule has 0 spiro atoms. The van der Waals surface area contributed by atoms with Crippen LogP contribution in [0, 0.1) is 26.8 Å². The van der Waals surface area contributed by atoms with Gasteiger partial charge in [-0.1, -0.05) is 12.1 Å². The Morgan fingerprint density at radius 3 is 2.67 bits per heavy atom. The molecule has 1 heterocycles. The molecule has 0 bridgehead atoms. The second kappa shape index (κ2) is 6.35. The van der Waals surface area contributed by atoms with Gasteiger partial charge in [-0.2, -0.15) is 0 Å². The fourth-order valence-corrected chi connectivity index (χ4v) is 1.91. The summed E-state index contributed by atoms with van der Waals surface area (Å²) < 4.78 is 5.10. The van der Waals surface area contributed by atoms with Crippen LogP contribution in [0.5, 0.6) is 5.75 Å². The Hall–Kier alpha value is -2.43. The van der Waals surface area contributed by atoms with E-state index in [1.54, 1.807) is 20.1 Å². The van der Waals surface area contributed by atoms with E-state index in [-0.39, 0.29) is 5.91 Å². The van der Waals surface area contributed by atoms with Gasteiger partial charge in [0.15, 0.2) is 0 Å². The summed E-state index contributed by atoms with van der Waals surface area (Å²) in [5.41, 5.74) is 3.55. The Kier molecular flexibility index (Phi) is 4.52. The van der Waals surface area contributed by atoms with Gasteiger partial charge in [0.25, 0.3) is 5.91 Å². The van der Waals surface area contributed by atoms with Crippen LogP contribution >= 0.6 is 0 Å². The molecule has 5 heteroatoms. The van der Waals surface area contributed by atoms with Crippen LogP contribution in [0.15, 0.2) is 18.2 Å². The zero-order chi connectivity index (χ0) is 15.4. The molecule has 0 saturated heterocycles. The molecule has 0 aliphatic rings. The molecule has 0 atom stereocenters. The number of hydrogen-bond donors (Lipinski definition) is 1. The molecular formula is C16H18N3O2. The lowest BCUT2D eigenvalue weighted by atomic mass is 10.2. The quantitative estimate of drug-likeness (QED) is 0.934. The van der Waals surface area contributed by atoms with Crippen molar-refractivity contribution in [3.63, 3.8) is 0 Å². The molecule has 2 aromatic rings. The molecule has 0 aliphatic heterocycles. The van der Waals surface area contributed by atoms with Crippen LogP contribution in [-0.2, 0) is 6.54 Å². The third-order valence-corrected chi connectivity index (χ3v) is 3.21. The first-order valence-electron chi connectivity index (χ1n) is 6.66. The number of nitrogens with zero attached hydrogens (tertiary/aromatic N) is 2. The summed E-state index contributed by atoms with van der Waals surface area (Å²) in [7, 11) is 1.59. The average molecular weight is 284 g/mol. The summed E-state index contributed by atoms with van der Waals surface area (Å²) in [5.74, 6) is 0.416. The molecule has 2 rings (SSSR count). The van der Waals surface area contributed by atoms with E-state index in [1.165, 1.54) is 0 Å². The van der Waals surface area contributed by atoms with E-state index >= 15 is 0 Å². The van der Waals surface area contributed by atoms with Gasteiger partial charge < -0.3 is 10.1 Å². The molecular weight excluding hydrogens is 266 g/mol. The maximum absolute atomic E-state index is 12.2. The second-order valence-corrected chi connectivity index (χ2v) is 4.78. The van der Waals surface area contributed by atoms with E-state index in [0.29, 0.717) is 23.7 Å². The fraction of sp³-hybridized carbons (Fsp3) is 0.312. The molecule has 0 aliphatic carbocycles. The van der Waals surface area contributed by atoms with E-state index in [1.807, 2.05) is 26.0 Å². The van der Waals surface area contributed by atoms with E-state index in [2.05, 4.69) is 21.4 Å². The number of aryl methyl sites for hydroxylation is 3. The highest BCUT2D eigenvalue weighted by molar-refractivity contribution is 5.93. The van der Waals surface area contributed by atoms with Crippen molar-refractivity contribution < 1.29 is 9.53 Å². The van der Waals surface area contributed by atoms with Crippen LogP contribution in [0.25, 0.3) is 0 Å². The molecule has 1 radical (unpaired) electrons. The van der Waals surface area contributed by atoms with Gasteiger partial charge in [-0.25, -0.2) is 4.98 Å². The highest BCUT2D eigenvalue weighted by atomic mass is 16.5. The Morgan fingerprint density at radius 1 is 1.24 bits per heavy atom. The molecule has 5 nitrogen and oxygen atoms in total. The van der Waals surface area contributed by atoms with E-state index in [0.717, 1.165) is 17.0 Å². The van der Waals surface area contributed by atoms with Crippen LogP contribution in [0.3, 0.4) is 0 Å². The van der Waals surface area contributed by atoms with Crippen molar-refractivity contribution >= 4 is 5.91 Å². The minimum absolute atomic E-state index is 0.227. The SMILES string of the molecule is COc1[c]ccc(CNC(=O)c2nc(C)c(C)nc2C)c1. The summed E-state index contributed by atoms with van der Waals surface area (Å²) in [6, 6.07) is 8.42. The predicted molar refractivity (Wildman–Crippen MR) is 79.2 cm³/mol. The first-order valence-corrected chi connectivity index (χ1v) is 6.66. The van der Waals surface area contributed by atoms with Crippen LogP contribution in [0.4, 0.5) is 0 Å². The Bertz CT molecular complexity index is 669. The number of ether oxygens (including phenoxy) is 1. The van der Waals surface area contributed by atoms with Gasteiger partial charge in [0.1, 0.15) is 11.4 Å². The summed E-state index contributed by atoms with van der Waals surface area (Å²) in [5, 5.41) is 2.84. The van der Waals surface area contributed by atoms with Crippen molar-refractivity contribution in [3.05, 3.63) is 52.6 Å². The van der Waals surface area contributed by atoms with Crippen LogP contribution < -0.4 is 10.1 Å².